The van der Waals surface area contributed by atoms with E-state index in [1.54, 1.807) is 0 Å². The SMILES string of the molecule is O=C1NCCN[C@H]1Cc1cccc2ccccc12. The maximum absolute atomic E-state index is 11.8. The molecule has 2 N–H and O–H groups in total. The van der Waals surface area contributed by atoms with Gasteiger partial charge in [0.2, 0.25) is 5.91 Å². The molecular weight excluding hydrogens is 224 g/mol. The van der Waals surface area contributed by atoms with Crippen LogP contribution in [0.3, 0.4) is 0 Å². The molecule has 3 rings (SSSR count). The van der Waals surface area contributed by atoms with Crippen molar-refractivity contribution in [3.05, 3.63) is 48.0 Å². The van der Waals surface area contributed by atoms with E-state index in [-0.39, 0.29) is 11.9 Å². The smallest absolute Gasteiger partial charge is 0.237 e. The third kappa shape index (κ3) is 2.09. The standard InChI is InChI=1S/C15H16N2O/c18-15-14(16-8-9-17-15)10-12-6-3-5-11-4-1-2-7-13(11)12/h1-7,14,16H,8-10H2,(H,17,18)/t14-/m0/s1. The number of fused-ring (bicyclic) bond motifs is 1. The summed E-state index contributed by atoms with van der Waals surface area (Å²) in [6, 6.07) is 14.5. The van der Waals surface area contributed by atoms with Crippen LogP contribution in [0.5, 0.6) is 0 Å². The van der Waals surface area contributed by atoms with E-state index in [2.05, 4.69) is 41.0 Å². The van der Waals surface area contributed by atoms with Gasteiger partial charge in [0.1, 0.15) is 0 Å². The molecule has 1 saturated heterocycles. The van der Waals surface area contributed by atoms with Crippen molar-refractivity contribution in [3.8, 4) is 0 Å². The van der Waals surface area contributed by atoms with Gasteiger partial charge in [-0.2, -0.15) is 0 Å². The molecule has 1 aliphatic heterocycles. The minimum absolute atomic E-state index is 0.106. The molecular formula is C15H16N2O. The van der Waals surface area contributed by atoms with Gasteiger partial charge in [0.25, 0.3) is 0 Å². The minimum Gasteiger partial charge on any atom is -0.353 e. The number of nitrogens with one attached hydrogen (secondary N) is 2. The van der Waals surface area contributed by atoms with Crippen molar-refractivity contribution in [3.63, 3.8) is 0 Å². The van der Waals surface area contributed by atoms with Gasteiger partial charge in [0.05, 0.1) is 6.04 Å². The van der Waals surface area contributed by atoms with Crippen LogP contribution in [0.4, 0.5) is 0 Å². The summed E-state index contributed by atoms with van der Waals surface area (Å²) in [4.78, 5) is 11.8. The molecule has 0 spiro atoms. The molecule has 0 aromatic heterocycles. The first-order valence-electron chi connectivity index (χ1n) is 6.32. The fourth-order valence-corrected chi connectivity index (χ4v) is 2.50. The second-order valence-corrected chi connectivity index (χ2v) is 4.64. The zero-order chi connectivity index (χ0) is 12.4. The van der Waals surface area contributed by atoms with Crippen LogP contribution in [0.15, 0.2) is 42.5 Å². The fraction of sp³-hybridized carbons (Fsp3) is 0.267. The number of rotatable bonds is 2. The van der Waals surface area contributed by atoms with E-state index in [0.29, 0.717) is 0 Å². The lowest BCUT2D eigenvalue weighted by molar-refractivity contribution is -0.124. The molecule has 2 aromatic rings. The predicted octanol–water partition coefficient (Wildman–Crippen LogP) is 1.47. The molecule has 1 fully saturated rings. The second kappa shape index (κ2) is 4.78. The van der Waals surface area contributed by atoms with E-state index in [9.17, 15) is 4.79 Å². The number of hydrogen-bond donors (Lipinski definition) is 2. The Morgan fingerprint density at radius 2 is 1.89 bits per heavy atom. The van der Waals surface area contributed by atoms with Crippen molar-refractivity contribution < 1.29 is 4.79 Å². The molecule has 18 heavy (non-hydrogen) atoms. The summed E-state index contributed by atoms with van der Waals surface area (Å²) in [6.07, 6.45) is 0.743. The highest BCUT2D eigenvalue weighted by Crippen LogP contribution is 2.20. The highest BCUT2D eigenvalue weighted by atomic mass is 16.2. The first-order valence-corrected chi connectivity index (χ1v) is 6.32. The van der Waals surface area contributed by atoms with Gasteiger partial charge >= 0.3 is 0 Å². The number of carbonyl (C=O) groups is 1. The highest BCUT2D eigenvalue weighted by Gasteiger charge is 2.21. The number of benzene rings is 2. The fourth-order valence-electron chi connectivity index (χ4n) is 2.50. The van der Waals surface area contributed by atoms with Crippen LogP contribution in [-0.2, 0) is 11.2 Å². The summed E-state index contributed by atoms with van der Waals surface area (Å²) in [5.74, 6) is 0.106. The van der Waals surface area contributed by atoms with Gasteiger partial charge in [-0.25, -0.2) is 0 Å². The Morgan fingerprint density at radius 3 is 2.78 bits per heavy atom. The Kier molecular flexibility index (Phi) is 2.99. The van der Waals surface area contributed by atoms with E-state index < -0.39 is 0 Å². The zero-order valence-corrected chi connectivity index (χ0v) is 10.1. The molecule has 92 valence electrons. The Labute approximate surface area is 106 Å². The molecule has 0 unspecified atom stereocenters. The molecule has 0 saturated carbocycles. The molecule has 1 atom stereocenters. The summed E-state index contributed by atoms with van der Waals surface area (Å²) in [7, 11) is 0. The lowest BCUT2D eigenvalue weighted by atomic mass is 9.98. The van der Waals surface area contributed by atoms with Crippen molar-refractivity contribution in [2.75, 3.05) is 13.1 Å². The van der Waals surface area contributed by atoms with E-state index in [1.165, 1.54) is 16.3 Å². The van der Waals surface area contributed by atoms with Crippen molar-refractivity contribution in [2.45, 2.75) is 12.5 Å². The monoisotopic (exact) mass is 240 g/mol. The number of piperazine rings is 1. The van der Waals surface area contributed by atoms with Gasteiger partial charge in [0, 0.05) is 13.1 Å². The normalized spacial score (nSPS) is 19.8. The van der Waals surface area contributed by atoms with Crippen LogP contribution < -0.4 is 10.6 Å². The molecule has 0 radical (unpaired) electrons. The molecule has 1 aliphatic rings. The Bertz CT molecular complexity index is 574. The van der Waals surface area contributed by atoms with Gasteiger partial charge in [-0.1, -0.05) is 42.5 Å². The van der Waals surface area contributed by atoms with Crippen LogP contribution in [0.1, 0.15) is 5.56 Å². The van der Waals surface area contributed by atoms with Gasteiger partial charge in [0.15, 0.2) is 0 Å². The van der Waals surface area contributed by atoms with Crippen molar-refractivity contribution in [2.24, 2.45) is 0 Å². The molecule has 1 amide bonds. The van der Waals surface area contributed by atoms with Gasteiger partial charge in [-0.15, -0.1) is 0 Å². The van der Waals surface area contributed by atoms with Gasteiger partial charge < -0.3 is 10.6 Å². The number of carbonyl (C=O) groups excluding carboxylic acids is 1. The van der Waals surface area contributed by atoms with Gasteiger partial charge in [-0.05, 0) is 22.8 Å². The Hall–Kier alpha value is -1.87. The third-order valence-electron chi connectivity index (χ3n) is 3.44. The first kappa shape index (κ1) is 11.2. The average Bonchev–Trinajstić information content (AvgIpc) is 2.42. The van der Waals surface area contributed by atoms with Crippen LogP contribution in [0.2, 0.25) is 0 Å². The summed E-state index contributed by atoms with van der Waals surface area (Å²) in [5.41, 5.74) is 1.22. The minimum atomic E-state index is -0.107. The van der Waals surface area contributed by atoms with E-state index in [4.69, 9.17) is 0 Å². The molecule has 3 nitrogen and oxygen atoms in total. The summed E-state index contributed by atoms with van der Waals surface area (Å²) in [5, 5.41) is 8.63. The zero-order valence-electron chi connectivity index (χ0n) is 10.1. The highest BCUT2D eigenvalue weighted by molar-refractivity contribution is 5.87. The third-order valence-corrected chi connectivity index (χ3v) is 3.44. The van der Waals surface area contributed by atoms with Crippen LogP contribution >= 0.6 is 0 Å². The molecule has 0 bridgehead atoms. The summed E-state index contributed by atoms with van der Waals surface area (Å²) >= 11 is 0. The largest absolute Gasteiger partial charge is 0.353 e. The van der Waals surface area contributed by atoms with Crippen LogP contribution in [-0.4, -0.2) is 25.0 Å². The lowest BCUT2D eigenvalue weighted by Gasteiger charge is -2.23. The van der Waals surface area contributed by atoms with Crippen LogP contribution in [0.25, 0.3) is 10.8 Å². The molecule has 3 heteroatoms. The topological polar surface area (TPSA) is 41.1 Å². The van der Waals surface area contributed by atoms with Gasteiger partial charge in [-0.3, -0.25) is 4.79 Å². The number of amides is 1. The predicted molar refractivity (Wildman–Crippen MR) is 72.5 cm³/mol. The second-order valence-electron chi connectivity index (χ2n) is 4.64. The van der Waals surface area contributed by atoms with Crippen molar-refractivity contribution in [1.82, 2.24) is 10.6 Å². The van der Waals surface area contributed by atoms with Crippen molar-refractivity contribution in [1.29, 1.82) is 0 Å². The number of hydrogen-bond acceptors (Lipinski definition) is 2. The Morgan fingerprint density at radius 1 is 1.06 bits per heavy atom. The summed E-state index contributed by atoms with van der Waals surface area (Å²) < 4.78 is 0. The van der Waals surface area contributed by atoms with E-state index in [1.807, 2.05) is 12.1 Å². The van der Waals surface area contributed by atoms with Crippen LogP contribution in [0, 0.1) is 0 Å². The maximum atomic E-state index is 11.8. The molecule has 1 heterocycles. The van der Waals surface area contributed by atoms with Crippen molar-refractivity contribution >= 4 is 16.7 Å². The average molecular weight is 240 g/mol. The first-order chi connectivity index (χ1) is 8.84. The molecule has 0 aliphatic carbocycles. The summed E-state index contributed by atoms with van der Waals surface area (Å²) in [6.45, 7) is 1.58. The van der Waals surface area contributed by atoms with E-state index in [0.717, 1.165) is 19.5 Å². The lowest BCUT2D eigenvalue weighted by Crippen LogP contribution is -2.53. The van der Waals surface area contributed by atoms with E-state index >= 15 is 0 Å². The molecule has 2 aromatic carbocycles. The maximum Gasteiger partial charge on any atom is 0.237 e. The quantitative estimate of drug-likeness (QED) is 0.834. The Balaban J connectivity index is 1.92.